The van der Waals surface area contributed by atoms with E-state index in [4.69, 9.17) is 11.6 Å². The Balaban J connectivity index is 2.37. The molecule has 2 rings (SSSR count). The number of hydrogen-bond donors (Lipinski definition) is 1. The number of nitrogens with zero attached hydrogens (tertiary/aromatic N) is 2. The van der Waals surface area contributed by atoms with Crippen molar-refractivity contribution < 1.29 is 0 Å². The molecule has 1 N–H and O–H groups in total. The first-order valence-corrected chi connectivity index (χ1v) is 7.75. The third-order valence-electron chi connectivity index (χ3n) is 3.03. The minimum absolute atomic E-state index is 0.127. The van der Waals surface area contributed by atoms with E-state index in [1.165, 1.54) is 5.56 Å². The summed E-state index contributed by atoms with van der Waals surface area (Å²) < 4.78 is 2.97. The van der Waals surface area contributed by atoms with Crippen LogP contribution in [0.1, 0.15) is 30.6 Å². The summed E-state index contributed by atoms with van der Waals surface area (Å²) in [6.45, 7) is 3.12. The minimum Gasteiger partial charge on any atom is -0.305 e. The molecule has 19 heavy (non-hydrogen) atoms. The average Bonchev–Trinajstić information content (AvgIpc) is 2.80. The van der Waals surface area contributed by atoms with Gasteiger partial charge in [0.2, 0.25) is 0 Å². The van der Waals surface area contributed by atoms with Crippen LogP contribution in [0.3, 0.4) is 0 Å². The molecule has 0 fully saturated rings. The Kier molecular flexibility index (Phi) is 5.24. The molecule has 0 aliphatic rings. The fourth-order valence-electron chi connectivity index (χ4n) is 2.04. The largest absolute Gasteiger partial charge is 0.305 e. The van der Waals surface area contributed by atoms with E-state index in [2.05, 4.69) is 52.1 Å². The van der Waals surface area contributed by atoms with Crippen molar-refractivity contribution in [2.24, 2.45) is 7.05 Å². The van der Waals surface area contributed by atoms with Gasteiger partial charge in [-0.3, -0.25) is 4.68 Å². The predicted molar refractivity (Wildman–Crippen MR) is 87.5 cm³/mol. The van der Waals surface area contributed by atoms with Crippen molar-refractivity contribution in [1.29, 1.82) is 0 Å². The summed E-state index contributed by atoms with van der Waals surface area (Å²) in [6, 6.07) is 8.37. The van der Waals surface area contributed by atoms with Gasteiger partial charge in [-0.15, -0.1) is 0 Å². The number of benzene rings is 1. The third kappa shape index (κ3) is 3.49. The average molecular weight is 390 g/mol. The maximum atomic E-state index is 6.24. The van der Waals surface area contributed by atoms with Crippen molar-refractivity contribution >= 4 is 34.2 Å². The molecule has 0 radical (unpaired) electrons. The summed E-state index contributed by atoms with van der Waals surface area (Å²) in [5.74, 6) is 0. The van der Waals surface area contributed by atoms with Crippen LogP contribution < -0.4 is 5.32 Å². The number of hydrogen-bond acceptors (Lipinski definition) is 2. The van der Waals surface area contributed by atoms with Crippen LogP contribution in [0.5, 0.6) is 0 Å². The molecule has 0 bridgehead atoms. The van der Waals surface area contributed by atoms with Gasteiger partial charge in [0.1, 0.15) is 0 Å². The fourth-order valence-corrected chi connectivity index (χ4v) is 2.57. The lowest BCUT2D eigenvalue weighted by atomic mass is 10.0. The Hall–Kier alpha value is -0.590. The van der Waals surface area contributed by atoms with E-state index < -0.39 is 0 Å². The third-order valence-corrected chi connectivity index (χ3v) is 4.60. The maximum absolute atomic E-state index is 6.24. The van der Waals surface area contributed by atoms with Crippen LogP contribution >= 0.6 is 34.2 Å². The highest BCUT2D eigenvalue weighted by Crippen LogP contribution is 2.27. The van der Waals surface area contributed by atoms with Crippen LogP contribution in [0.15, 0.2) is 30.5 Å². The molecule has 0 aliphatic carbocycles. The monoisotopic (exact) mass is 389 g/mol. The normalized spacial score (nSPS) is 12.6. The molecule has 0 aliphatic heterocycles. The van der Waals surface area contributed by atoms with E-state index in [0.29, 0.717) is 0 Å². The summed E-state index contributed by atoms with van der Waals surface area (Å²) in [4.78, 5) is 0. The molecule has 1 unspecified atom stereocenters. The Morgan fingerprint density at radius 3 is 2.79 bits per heavy atom. The van der Waals surface area contributed by atoms with Crippen molar-refractivity contribution in [2.75, 3.05) is 6.54 Å². The molecule has 1 aromatic heterocycles. The summed E-state index contributed by atoms with van der Waals surface area (Å²) in [7, 11) is 1.96. The lowest BCUT2D eigenvalue weighted by molar-refractivity contribution is 0.553. The van der Waals surface area contributed by atoms with Crippen molar-refractivity contribution in [2.45, 2.75) is 19.4 Å². The zero-order valence-electron chi connectivity index (χ0n) is 11.0. The fraction of sp³-hybridized carbons (Fsp3) is 0.357. The molecular formula is C14H17ClIN3. The van der Waals surface area contributed by atoms with Gasteiger partial charge in [0, 0.05) is 16.8 Å². The quantitative estimate of drug-likeness (QED) is 0.789. The van der Waals surface area contributed by atoms with Gasteiger partial charge in [-0.05, 0) is 59.3 Å². The number of aromatic nitrogens is 2. The standard InChI is InChI=1S/C14H17ClIN3/c1-3-7-17-14(13-6-8-18-19(13)2)10-4-5-12(16)11(15)9-10/h4-6,8-9,14,17H,3,7H2,1-2H3. The van der Waals surface area contributed by atoms with Gasteiger partial charge >= 0.3 is 0 Å². The van der Waals surface area contributed by atoms with Gasteiger partial charge < -0.3 is 5.32 Å². The molecule has 0 saturated heterocycles. The number of rotatable bonds is 5. The first kappa shape index (κ1) is 14.8. The Labute approximate surface area is 132 Å². The topological polar surface area (TPSA) is 29.9 Å². The Morgan fingerprint density at radius 1 is 1.42 bits per heavy atom. The second-order valence-corrected chi connectivity index (χ2v) is 6.01. The van der Waals surface area contributed by atoms with Crippen LogP contribution in [-0.4, -0.2) is 16.3 Å². The molecule has 1 atom stereocenters. The van der Waals surface area contributed by atoms with Crippen molar-refractivity contribution in [1.82, 2.24) is 15.1 Å². The maximum Gasteiger partial charge on any atom is 0.0748 e. The van der Waals surface area contributed by atoms with Crippen LogP contribution in [-0.2, 0) is 7.05 Å². The highest BCUT2D eigenvalue weighted by Gasteiger charge is 2.17. The minimum atomic E-state index is 0.127. The Morgan fingerprint density at radius 2 is 2.21 bits per heavy atom. The van der Waals surface area contributed by atoms with E-state index in [1.807, 2.05) is 30.1 Å². The van der Waals surface area contributed by atoms with E-state index in [9.17, 15) is 0 Å². The summed E-state index contributed by atoms with van der Waals surface area (Å²) in [5, 5.41) is 8.60. The predicted octanol–water partition coefficient (Wildman–Crippen LogP) is 3.77. The lowest BCUT2D eigenvalue weighted by Crippen LogP contribution is -2.25. The molecule has 1 aromatic carbocycles. The summed E-state index contributed by atoms with van der Waals surface area (Å²) >= 11 is 8.48. The highest BCUT2D eigenvalue weighted by atomic mass is 127. The van der Waals surface area contributed by atoms with Crippen LogP contribution in [0.2, 0.25) is 5.02 Å². The summed E-state index contributed by atoms with van der Waals surface area (Å²) in [5.41, 5.74) is 2.31. The zero-order chi connectivity index (χ0) is 13.8. The molecule has 102 valence electrons. The second kappa shape index (κ2) is 6.72. The van der Waals surface area contributed by atoms with Crippen molar-refractivity contribution in [3.05, 3.63) is 50.3 Å². The lowest BCUT2D eigenvalue weighted by Gasteiger charge is -2.20. The van der Waals surface area contributed by atoms with Crippen molar-refractivity contribution in [3.63, 3.8) is 0 Å². The van der Waals surface area contributed by atoms with Crippen LogP contribution in [0.4, 0.5) is 0 Å². The van der Waals surface area contributed by atoms with Crippen LogP contribution in [0, 0.1) is 3.57 Å². The first-order valence-electron chi connectivity index (χ1n) is 6.29. The van der Waals surface area contributed by atoms with E-state index in [0.717, 1.165) is 27.3 Å². The SMILES string of the molecule is CCCNC(c1ccc(I)c(Cl)c1)c1ccnn1C. The highest BCUT2D eigenvalue weighted by molar-refractivity contribution is 14.1. The van der Waals surface area contributed by atoms with Gasteiger partial charge in [0.15, 0.2) is 0 Å². The van der Waals surface area contributed by atoms with Gasteiger partial charge in [-0.2, -0.15) is 5.10 Å². The van der Waals surface area contributed by atoms with E-state index >= 15 is 0 Å². The van der Waals surface area contributed by atoms with Gasteiger partial charge in [-0.25, -0.2) is 0 Å². The van der Waals surface area contributed by atoms with Crippen molar-refractivity contribution in [3.8, 4) is 0 Å². The zero-order valence-corrected chi connectivity index (χ0v) is 13.9. The number of aryl methyl sites for hydroxylation is 1. The number of halogens is 2. The number of nitrogens with one attached hydrogen (secondary N) is 1. The molecule has 3 nitrogen and oxygen atoms in total. The Bertz CT molecular complexity index is 553. The summed E-state index contributed by atoms with van der Waals surface area (Å²) in [6.07, 6.45) is 2.91. The second-order valence-electron chi connectivity index (χ2n) is 4.44. The molecular weight excluding hydrogens is 373 g/mol. The molecule has 0 spiro atoms. The van der Waals surface area contributed by atoms with E-state index in [-0.39, 0.29) is 6.04 Å². The van der Waals surface area contributed by atoms with Gasteiger partial charge in [0.25, 0.3) is 0 Å². The molecule has 2 aromatic rings. The van der Waals surface area contributed by atoms with Gasteiger partial charge in [-0.1, -0.05) is 24.6 Å². The molecule has 1 heterocycles. The smallest absolute Gasteiger partial charge is 0.0748 e. The molecule has 0 amide bonds. The molecule has 5 heteroatoms. The van der Waals surface area contributed by atoms with E-state index in [1.54, 1.807) is 0 Å². The van der Waals surface area contributed by atoms with Crippen LogP contribution in [0.25, 0.3) is 0 Å². The molecule has 0 saturated carbocycles. The first-order chi connectivity index (χ1) is 9.13. The van der Waals surface area contributed by atoms with Gasteiger partial charge in [0.05, 0.1) is 16.8 Å².